The quantitative estimate of drug-likeness (QED) is 0.795. The number of ether oxygens (including phenoxy) is 1. The third-order valence-corrected chi connectivity index (χ3v) is 2.57. The maximum atomic E-state index is 13.6. The zero-order valence-corrected chi connectivity index (χ0v) is 10.1. The molecular formula is C12H16FNO3. The maximum Gasteiger partial charge on any atom is 0.337 e. The first kappa shape index (κ1) is 13.3. The van der Waals surface area contributed by atoms with Crippen LogP contribution in [-0.4, -0.2) is 16.7 Å². The van der Waals surface area contributed by atoms with E-state index in [9.17, 15) is 9.18 Å². The van der Waals surface area contributed by atoms with Crippen LogP contribution in [0, 0.1) is 5.82 Å². The minimum atomic E-state index is -1.21. The molecule has 0 saturated heterocycles. The Morgan fingerprint density at radius 1 is 1.53 bits per heavy atom. The van der Waals surface area contributed by atoms with Crippen LogP contribution in [0.2, 0.25) is 0 Å². The van der Waals surface area contributed by atoms with Gasteiger partial charge in [0.05, 0.1) is 5.56 Å². The molecule has 0 aliphatic heterocycles. The van der Waals surface area contributed by atoms with Gasteiger partial charge in [0.15, 0.2) is 11.6 Å². The summed E-state index contributed by atoms with van der Waals surface area (Å²) < 4.78 is 19.0. The molecule has 5 heteroatoms. The molecule has 0 saturated carbocycles. The summed E-state index contributed by atoms with van der Waals surface area (Å²) in [6, 6.07) is 2.08. The van der Waals surface area contributed by atoms with Crippen LogP contribution < -0.4 is 10.5 Å². The Kier molecular flexibility index (Phi) is 3.60. The number of benzene rings is 1. The van der Waals surface area contributed by atoms with E-state index >= 15 is 0 Å². The lowest BCUT2D eigenvalue weighted by Gasteiger charge is -2.25. The summed E-state index contributed by atoms with van der Waals surface area (Å²) in [5.74, 6) is -1.96. The fraction of sp³-hybridized carbons (Fsp3) is 0.417. The highest BCUT2D eigenvalue weighted by molar-refractivity contribution is 5.94. The largest absolute Gasteiger partial charge is 0.485 e. The number of carboxylic acids is 1. The number of nitrogens with two attached hydrogens (primary N) is 1. The van der Waals surface area contributed by atoms with Gasteiger partial charge in [-0.25, -0.2) is 9.18 Å². The summed E-state index contributed by atoms with van der Waals surface area (Å²) in [7, 11) is 0. The Labute approximate surface area is 99.2 Å². The van der Waals surface area contributed by atoms with Crippen molar-refractivity contribution in [3.8, 4) is 5.75 Å². The molecule has 0 unspecified atom stereocenters. The number of carboxylic acid groups (broad SMARTS) is 1. The zero-order chi connectivity index (χ0) is 13.2. The summed E-state index contributed by atoms with van der Waals surface area (Å²) in [5, 5.41) is 8.88. The van der Waals surface area contributed by atoms with Crippen molar-refractivity contribution in [1.82, 2.24) is 0 Å². The van der Waals surface area contributed by atoms with Crippen molar-refractivity contribution in [3.63, 3.8) is 0 Å². The van der Waals surface area contributed by atoms with Crippen LogP contribution in [0.15, 0.2) is 12.1 Å². The summed E-state index contributed by atoms with van der Waals surface area (Å²) >= 11 is 0. The van der Waals surface area contributed by atoms with Gasteiger partial charge in [0.1, 0.15) is 5.60 Å². The van der Waals surface area contributed by atoms with Crippen molar-refractivity contribution in [2.45, 2.75) is 32.8 Å². The van der Waals surface area contributed by atoms with Crippen LogP contribution in [0.3, 0.4) is 0 Å². The zero-order valence-electron chi connectivity index (χ0n) is 10.1. The van der Waals surface area contributed by atoms with Gasteiger partial charge in [-0.1, -0.05) is 6.92 Å². The monoisotopic (exact) mass is 241 g/mol. The number of rotatable bonds is 4. The smallest absolute Gasteiger partial charge is 0.337 e. The van der Waals surface area contributed by atoms with E-state index in [0.717, 1.165) is 12.1 Å². The Morgan fingerprint density at radius 3 is 2.59 bits per heavy atom. The van der Waals surface area contributed by atoms with Crippen LogP contribution in [-0.2, 0) is 0 Å². The maximum absolute atomic E-state index is 13.6. The lowest BCUT2D eigenvalue weighted by molar-refractivity contribution is 0.0693. The summed E-state index contributed by atoms with van der Waals surface area (Å²) in [4.78, 5) is 10.9. The van der Waals surface area contributed by atoms with E-state index in [4.69, 9.17) is 15.6 Å². The molecule has 1 aromatic carbocycles. The minimum Gasteiger partial charge on any atom is -0.485 e. The average molecular weight is 241 g/mol. The molecule has 0 aliphatic carbocycles. The van der Waals surface area contributed by atoms with Gasteiger partial charge in [0.25, 0.3) is 0 Å². The van der Waals surface area contributed by atoms with E-state index in [1.165, 1.54) is 0 Å². The minimum absolute atomic E-state index is 0.0940. The van der Waals surface area contributed by atoms with Crippen LogP contribution in [0.25, 0.3) is 0 Å². The highest BCUT2D eigenvalue weighted by Gasteiger charge is 2.21. The van der Waals surface area contributed by atoms with Gasteiger partial charge < -0.3 is 15.6 Å². The van der Waals surface area contributed by atoms with Gasteiger partial charge in [-0.2, -0.15) is 0 Å². The lowest BCUT2D eigenvalue weighted by atomic mass is 10.1. The molecule has 0 aromatic heterocycles. The molecule has 3 N–H and O–H groups in total. The van der Waals surface area contributed by atoms with Crippen LogP contribution in [0.4, 0.5) is 10.1 Å². The molecule has 0 amide bonds. The predicted molar refractivity (Wildman–Crippen MR) is 62.8 cm³/mol. The second kappa shape index (κ2) is 4.61. The molecule has 0 atom stereocenters. The van der Waals surface area contributed by atoms with Crippen LogP contribution >= 0.6 is 0 Å². The summed E-state index contributed by atoms with van der Waals surface area (Å²) in [6.07, 6.45) is 0.666. The first-order valence-corrected chi connectivity index (χ1v) is 5.28. The molecule has 1 aromatic rings. The van der Waals surface area contributed by atoms with Crippen molar-refractivity contribution in [1.29, 1.82) is 0 Å². The third-order valence-electron chi connectivity index (χ3n) is 2.57. The van der Waals surface area contributed by atoms with Crippen molar-refractivity contribution in [2.24, 2.45) is 0 Å². The molecule has 94 valence electrons. The lowest BCUT2D eigenvalue weighted by Crippen LogP contribution is -2.27. The van der Waals surface area contributed by atoms with Crippen LogP contribution in [0.5, 0.6) is 5.75 Å². The number of nitrogen functional groups attached to an aromatic ring is 1. The number of hydrogen-bond donors (Lipinski definition) is 2. The molecule has 1 rings (SSSR count). The van der Waals surface area contributed by atoms with Gasteiger partial charge >= 0.3 is 5.97 Å². The Hall–Kier alpha value is -1.78. The van der Waals surface area contributed by atoms with Crippen molar-refractivity contribution >= 4 is 11.7 Å². The van der Waals surface area contributed by atoms with E-state index in [0.29, 0.717) is 6.42 Å². The van der Waals surface area contributed by atoms with E-state index in [-0.39, 0.29) is 17.0 Å². The third kappa shape index (κ3) is 3.09. The van der Waals surface area contributed by atoms with Crippen molar-refractivity contribution < 1.29 is 19.0 Å². The number of hydrogen-bond acceptors (Lipinski definition) is 3. The summed E-state index contributed by atoms with van der Waals surface area (Å²) in [5.41, 5.74) is 4.58. The molecular weight excluding hydrogens is 225 g/mol. The highest BCUT2D eigenvalue weighted by atomic mass is 19.1. The van der Waals surface area contributed by atoms with Gasteiger partial charge in [-0.15, -0.1) is 0 Å². The highest BCUT2D eigenvalue weighted by Crippen LogP contribution is 2.28. The Bertz CT molecular complexity index is 444. The molecule has 0 heterocycles. The number of aromatic carboxylic acids is 1. The van der Waals surface area contributed by atoms with E-state index < -0.39 is 17.4 Å². The topological polar surface area (TPSA) is 72.5 Å². The summed E-state index contributed by atoms with van der Waals surface area (Å²) in [6.45, 7) is 5.49. The SMILES string of the molecule is CCC(C)(C)Oc1cc(C(=O)O)c(N)cc1F. The second-order valence-electron chi connectivity index (χ2n) is 4.39. The normalized spacial score (nSPS) is 11.3. The molecule has 17 heavy (non-hydrogen) atoms. The molecule has 0 fully saturated rings. The fourth-order valence-electron chi connectivity index (χ4n) is 1.20. The van der Waals surface area contributed by atoms with Gasteiger partial charge in [-0.05, 0) is 26.3 Å². The fourth-order valence-corrected chi connectivity index (χ4v) is 1.20. The molecule has 0 spiro atoms. The number of anilines is 1. The predicted octanol–water partition coefficient (Wildman–Crippen LogP) is 2.67. The first-order chi connectivity index (χ1) is 7.76. The second-order valence-corrected chi connectivity index (χ2v) is 4.39. The van der Waals surface area contributed by atoms with Crippen LogP contribution in [0.1, 0.15) is 37.6 Å². The standard InChI is InChI=1S/C12H16FNO3/c1-4-12(2,3)17-10-5-7(11(15)16)9(14)6-8(10)13/h5-6H,4,14H2,1-3H3,(H,15,16). The van der Waals surface area contributed by atoms with Crippen molar-refractivity contribution in [3.05, 3.63) is 23.5 Å². The van der Waals surface area contributed by atoms with Gasteiger partial charge in [-0.3, -0.25) is 0 Å². The number of halogens is 1. The van der Waals surface area contributed by atoms with E-state index in [2.05, 4.69) is 0 Å². The molecule has 0 bridgehead atoms. The molecule has 4 nitrogen and oxygen atoms in total. The average Bonchev–Trinajstić information content (AvgIpc) is 2.21. The Morgan fingerprint density at radius 2 is 2.12 bits per heavy atom. The van der Waals surface area contributed by atoms with Gasteiger partial charge in [0.2, 0.25) is 0 Å². The Balaban J connectivity index is 3.17. The van der Waals surface area contributed by atoms with Crippen molar-refractivity contribution in [2.75, 3.05) is 5.73 Å². The molecule has 0 radical (unpaired) electrons. The first-order valence-electron chi connectivity index (χ1n) is 5.28. The van der Waals surface area contributed by atoms with E-state index in [1.807, 2.05) is 6.92 Å². The van der Waals surface area contributed by atoms with E-state index in [1.54, 1.807) is 13.8 Å². The molecule has 0 aliphatic rings. The number of carbonyl (C=O) groups is 1. The van der Waals surface area contributed by atoms with Gasteiger partial charge in [0, 0.05) is 11.8 Å².